The topological polar surface area (TPSA) is 58.0 Å². The molecule has 0 aliphatic carbocycles. The van der Waals surface area contributed by atoms with E-state index in [-0.39, 0.29) is 11.6 Å². The van der Waals surface area contributed by atoms with Crippen LogP contribution in [0.4, 0.5) is 0 Å². The smallest absolute Gasteiger partial charge is 0.123 e. The Morgan fingerprint density at radius 3 is 3.00 bits per heavy atom. The van der Waals surface area contributed by atoms with Crippen LogP contribution in [0.2, 0.25) is 0 Å². The van der Waals surface area contributed by atoms with Gasteiger partial charge in [-0.1, -0.05) is 21.0 Å². The molecule has 1 aromatic rings. The number of hydrogen-bond acceptors (Lipinski definition) is 2. The Bertz CT molecular complexity index is 466. The molecule has 2 rings (SSSR count). The van der Waals surface area contributed by atoms with Gasteiger partial charge in [0.15, 0.2) is 0 Å². The molecular weight excluding hydrogens is 270 g/mol. The zero-order valence-electron chi connectivity index (χ0n) is 9.14. The molecule has 0 bridgehead atoms. The molecule has 84 valence electrons. The summed E-state index contributed by atoms with van der Waals surface area (Å²) < 4.78 is 6.81. The van der Waals surface area contributed by atoms with Crippen molar-refractivity contribution >= 4 is 15.9 Å². The van der Waals surface area contributed by atoms with Crippen molar-refractivity contribution in [1.29, 1.82) is 0 Å². The van der Waals surface area contributed by atoms with E-state index in [2.05, 4.69) is 26.0 Å². The average Bonchev–Trinajstić information content (AvgIpc) is 2.18. The third-order valence-corrected chi connectivity index (χ3v) is 3.09. The molecule has 0 amide bonds. The van der Waals surface area contributed by atoms with Gasteiger partial charge in [0.25, 0.3) is 0 Å². The van der Waals surface area contributed by atoms with Gasteiger partial charge in [-0.15, -0.1) is 0 Å². The summed E-state index contributed by atoms with van der Waals surface area (Å²) in [5.41, 5.74) is 9.25. The highest BCUT2D eigenvalue weighted by atomic mass is 79.9. The fraction of sp³-hybridized carbons (Fsp3) is 0.455. The van der Waals surface area contributed by atoms with Gasteiger partial charge < -0.3 is 4.74 Å². The number of azide groups is 1. The minimum Gasteiger partial charge on any atom is -0.488 e. The maximum Gasteiger partial charge on any atom is 0.123 e. The van der Waals surface area contributed by atoms with E-state index in [0.29, 0.717) is 6.42 Å². The van der Waals surface area contributed by atoms with Crippen molar-refractivity contribution in [1.82, 2.24) is 0 Å². The summed E-state index contributed by atoms with van der Waals surface area (Å²) in [5, 5.41) is 3.84. The molecule has 5 heteroatoms. The fourth-order valence-electron chi connectivity index (χ4n) is 1.95. The van der Waals surface area contributed by atoms with Gasteiger partial charge in [-0.3, -0.25) is 0 Å². The van der Waals surface area contributed by atoms with E-state index in [9.17, 15) is 0 Å². The lowest BCUT2D eigenvalue weighted by atomic mass is 9.90. The molecule has 1 unspecified atom stereocenters. The van der Waals surface area contributed by atoms with Crippen molar-refractivity contribution in [3.8, 4) is 5.75 Å². The van der Waals surface area contributed by atoms with Gasteiger partial charge in [0, 0.05) is 14.9 Å². The molecule has 0 N–H and O–H groups in total. The van der Waals surface area contributed by atoms with E-state index in [0.717, 1.165) is 15.8 Å². The van der Waals surface area contributed by atoms with E-state index in [1.54, 1.807) is 0 Å². The van der Waals surface area contributed by atoms with E-state index >= 15 is 0 Å². The minimum atomic E-state index is -0.292. The van der Waals surface area contributed by atoms with Gasteiger partial charge in [-0.2, -0.15) is 0 Å². The van der Waals surface area contributed by atoms with Crippen LogP contribution < -0.4 is 4.74 Å². The zero-order valence-corrected chi connectivity index (χ0v) is 10.7. The van der Waals surface area contributed by atoms with Crippen molar-refractivity contribution < 1.29 is 4.74 Å². The maximum atomic E-state index is 8.59. The van der Waals surface area contributed by atoms with E-state index in [1.807, 2.05) is 32.0 Å². The summed E-state index contributed by atoms with van der Waals surface area (Å²) in [4.78, 5) is 2.91. The predicted molar refractivity (Wildman–Crippen MR) is 65.4 cm³/mol. The minimum absolute atomic E-state index is 0.152. The van der Waals surface area contributed by atoms with Gasteiger partial charge in [-0.05, 0) is 44.0 Å². The number of hydrogen-bond donors (Lipinski definition) is 0. The van der Waals surface area contributed by atoms with Crippen LogP contribution >= 0.6 is 15.9 Å². The van der Waals surface area contributed by atoms with Crippen LogP contribution in [0, 0.1) is 0 Å². The maximum absolute atomic E-state index is 8.59. The van der Waals surface area contributed by atoms with E-state index < -0.39 is 0 Å². The summed E-state index contributed by atoms with van der Waals surface area (Å²) >= 11 is 3.41. The van der Waals surface area contributed by atoms with Gasteiger partial charge in [0.1, 0.15) is 11.4 Å². The Hall–Kier alpha value is -1.19. The Balaban J connectivity index is 2.51. The zero-order chi connectivity index (χ0) is 11.8. The lowest BCUT2D eigenvalue weighted by molar-refractivity contribution is 0.0729. The number of halogens is 1. The third kappa shape index (κ3) is 2.15. The van der Waals surface area contributed by atoms with Crippen LogP contribution in [-0.2, 0) is 0 Å². The van der Waals surface area contributed by atoms with Crippen molar-refractivity contribution in [2.24, 2.45) is 5.11 Å². The molecule has 0 fully saturated rings. The average molecular weight is 282 g/mol. The number of nitrogens with zero attached hydrogens (tertiary/aromatic N) is 3. The standard InChI is InChI=1S/C11H12BrN3O/c1-11(2)6-9(14-15-13)8-5-7(12)3-4-10(8)16-11/h3-5,9H,6H2,1-2H3. The Kier molecular flexibility index (Phi) is 2.82. The molecule has 16 heavy (non-hydrogen) atoms. The molecule has 0 saturated carbocycles. The Labute approximate surface area is 102 Å². The van der Waals surface area contributed by atoms with E-state index in [4.69, 9.17) is 10.3 Å². The van der Waals surface area contributed by atoms with Gasteiger partial charge in [-0.25, -0.2) is 0 Å². The second-order valence-corrected chi connectivity index (χ2v) is 5.38. The largest absolute Gasteiger partial charge is 0.488 e. The Morgan fingerprint density at radius 2 is 2.31 bits per heavy atom. The molecule has 1 aromatic carbocycles. The highest BCUT2D eigenvalue weighted by Crippen LogP contribution is 2.42. The summed E-state index contributed by atoms with van der Waals surface area (Å²) in [7, 11) is 0. The second-order valence-electron chi connectivity index (χ2n) is 4.47. The van der Waals surface area contributed by atoms with E-state index in [1.165, 1.54) is 0 Å². The van der Waals surface area contributed by atoms with Gasteiger partial charge in [0.2, 0.25) is 0 Å². The molecule has 1 aliphatic heterocycles. The number of fused-ring (bicyclic) bond motifs is 1. The van der Waals surface area contributed by atoms with Gasteiger partial charge in [0.05, 0.1) is 6.04 Å². The monoisotopic (exact) mass is 281 g/mol. The highest BCUT2D eigenvalue weighted by Gasteiger charge is 2.33. The second kappa shape index (κ2) is 4.00. The van der Waals surface area contributed by atoms with Crippen LogP contribution in [0.1, 0.15) is 31.9 Å². The third-order valence-electron chi connectivity index (χ3n) is 2.59. The van der Waals surface area contributed by atoms with Crippen molar-refractivity contribution in [3.05, 3.63) is 38.7 Å². The van der Waals surface area contributed by atoms with Crippen LogP contribution in [0.3, 0.4) is 0 Å². The molecule has 1 atom stereocenters. The van der Waals surface area contributed by atoms with Crippen molar-refractivity contribution in [2.75, 3.05) is 0 Å². The SMILES string of the molecule is CC1(C)CC(N=[N+]=[N-])c2cc(Br)ccc2O1. The molecule has 0 saturated heterocycles. The fourth-order valence-corrected chi connectivity index (χ4v) is 2.33. The molecule has 1 aliphatic rings. The van der Waals surface area contributed by atoms with Crippen LogP contribution in [0.25, 0.3) is 10.4 Å². The molecule has 0 aromatic heterocycles. The first-order chi connectivity index (χ1) is 7.52. The number of benzene rings is 1. The van der Waals surface area contributed by atoms with Crippen LogP contribution in [0.5, 0.6) is 5.75 Å². The van der Waals surface area contributed by atoms with Crippen LogP contribution in [-0.4, -0.2) is 5.60 Å². The normalized spacial score (nSPS) is 21.6. The lowest BCUT2D eigenvalue weighted by Crippen LogP contribution is -2.34. The quantitative estimate of drug-likeness (QED) is 0.429. The Morgan fingerprint density at radius 1 is 1.56 bits per heavy atom. The highest BCUT2D eigenvalue weighted by molar-refractivity contribution is 9.10. The summed E-state index contributed by atoms with van der Waals surface area (Å²) in [6, 6.07) is 5.62. The molecule has 1 heterocycles. The van der Waals surface area contributed by atoms with Gasteiger partial charge >= 0.3 is 0 Å². The molecular formula is C11H12BrN3O. The molecule has 4 nitrogen and oxygen atoms in total. The number of ether oxygens (including phenoxy) is 1. The van der Waals surface area contributed by atoms with Crippen molar-refractivity contribution in [3.63, 3.8) is 0 Å². The first-order valence-electron chi connectivity index (χ1n) is 5.04. The lowest BCUT2D eigenvalue weighted by Gasteiger charge is -2.35. The predicted octanol–water partition coefficient (Wildman–Crippen LogP) is 4.36. The summed E-state index contributed by atoms with van der Waals surface area (Å²) in [6.07, 6.45) is 0.695. The number of rotatable bonds is 1. The molecule has 0 spiro atoms. The van der Waals surface area contributed by atoms with Crippen molar-refractivity contribution in [2.45, 2.75) is 31.9 Å². The molecule has 0 radical (unpaired) electrons. The summed E-state index contributed by atoms with van der Waals surface area (Å²) in [5.74, 6) is 0.803. The summed E-state index contributed by atoms with van der Waals surface area (Å²) in [6.45, 7) is 4.00. The first-order valence-corrected chi connectivity index (χ1v) is 5.84. The van der Waals surface area contributed by atoms with Crippen LogP contribution in [0.15, 0.2) is 27.8 Å². The first kappa shape index (κ1) is 11.3.